The first-order chi connectivity index (χ1) is 9.25. The van der Waals surface area contributed by atoms with Gasteiger partial charge in [0.2, 0.25) is 0 Å². The summed E-state index contributed by atoms with van der Waals surface area (Å²) in [7, 11) is 0. The highest BCUT2D eigenvalue weighted by Gasteiger charge is 2.43. The molecule has 5 nitrogen and oxygen atoms in total. The van der Waals surface area contributed by atoms with Crippen LogP contribution in [0.25, 0.3) is 10.8 Å². The first-order valence-electron chi connectivity index (χ1n) is 6.48. The van der Waals surface area contributed by atoms with Gasteiger partial charge >= 0.3 is 5.97 Å². The number of aliphatic carboxylic acids is 1. The third kappa shape index (κ3) is 2.31. The summed E-state index contributed by atoms with van der Waals surface area (Å²) in [5.74, 6) is -0.259. The molecule has 0 aliphatic carbocycles. The molecule has 0 bridgehead atoms. The third-order valence-corrected chi connectivity index (χ3v) is 4.10. The molecule has 1 aromatic heterocycles. The Balaban J connectivity index is 2.44. The van der Waals surface area contributed by atoms with Gasteiger partial charge in [0, 0.05) is 16.3 Å². The van der Waals surface area contributed by atoms with E-state index in [9.17, 15) is 9.90 Å². The molecule has 2 rings (SSSR count). The van der Waals surface area contributed by atoms with E-state index in [1.54, 1.807) is 20.0 Å². The number of aromatic nitrogens is 2. The summed E-state index contributed by atoms with van der Waals surface area (Å²) in [6, 6.07) is 7.74. The van der Waals surface area contributed by atoms with Crippen LogP contribution in [0.15, 0.2) is 30.5 Å². The van der Waals surface area contributed by atoms with E-state index in [1.165, 1.54) is 0 Å². The summed E-state index contributed by atoms with van der Waals surface area (Å²) in [6.45, 7) is 7.09. The fourth-order valence-electron chi connectivity index (χ4n) is 1.84. The topological polar surface area (TPSA) is 75.1 Å². The predicted molar refractivity (Wildman–Crippen MR) is 78.7 cm³/mol. The molecule has 0 saturated heterocycles. The van der Waals surface area contributed by atoms with Crippen LogP contribution >= 0.6 is 0 Å². The fourth-order valence-corrected chi connectivity index (χ4v) is 1.84. The smallest absolute Gasteiger partial charge is 0.311 e. The summed E-state index contributed by atoms with van der Waals surface area (Å²) in [4.78, 5) is 11.4. The molecule has 0 amide bonds. The van der Waals surface area contributed by atoms with Crippen molar-refractivity contribution in [3.05, 3.63) is 30.5 Å². The molecular formula is C15H19N3O2. The molecular weight excluding hydrogens is 254 g/mol. The van der Waals surface area contributed by atoms with Crippen molar-refractivity contribution in [3.8, 4) is 0 Å². The molecule has 20 heavy (non-hydrogen) atoms. The van der Waals surface area contributed by atoms with Gasteiger partial charge in [-0.3, -0.25) is 4.79 Å². The second-order valence-corrected chi connectivity index (χ2v) is 5.96. The van der Waals surface area contributed by atoms with Crippen LogP contribution in [0, 0.1) is 5.41 Å². The molecule has 106 valence electrons. The van der Waals surface area contributed by atoms with E-state index in [0.29, 0.717) is 5.82 Å². The van der Waals surface area contributed by atoms with Crippen molar-refractivity contribution in [2.75, 3.05) is 5.32 Å². The van der Waals surface area contributed by atoms with Crippen LogP contribution in [0.2, 0.25) is 0 Å². The van der Waals surface area contributed by atoms with Crippen molar-refractivity contribution in [1.82, 2.24) is 10.2 Å². The minimum Gasteiger partial charge on any atom is -0.481 e. The van der Waals surface area contributed by atoms with E-state index in [1.807, 2.05) is 38.1 Å². The minimum atomic E-state index is -0.953. The molecule has 0 radical (unpaired) electrons. The molecule has 0 unspecified atom stereocenters. The number of benzene rings is 1. The largest absolute Gasteiger partial charge is 0.481 e. The lowest BCUT2D eigenvalue weighted by atomic mass is 9.74. The number of hydrogen-bond acceptors (Lipinski definition) is 4. The lowest BCUT2D eigenvalue weighted by Crippen LogP contribution is -2.50. The first-order valence-corrected chi connectivity index (χ1v) is 6.48. The van der Waals surface area contributed by atoms with E-state index in [-0.39, 0.29) is 0 Å². The molecule has 0 saturated carbocycles. The maximum Gasteiger partial charge on any atom is 0.311 e. The maximum atomic E-state index is 11.4. The lowest BCUT2D eigenvalue weighted by molar-refractivity contribution is -0.149. The molecule has 1 heterocycles. The van der Waals surface area contributed by atoms with Gasteiger partial charge in [-0.05, 0) is 27.7 Å². The normalized spacial score (nSPS) is 12.4. The number of rotatable bonds is 4. The van der Waals surface area contributed by atoms with Crippen LogP contribution in [-0.2, 0) is 4.79 Å². The van der Waals surface area contributed by atoms with Gasteiger partial charge in [-0.1, -0.05) is 24.3 Å². The van der Waals surface area contributed by atoms with Crippen LogP contribution in [0.1, 0.15) is 27.7 Å². The molecule has 1 aromatic carbocycles. The Kier molecular flexibility index (Phi) is 3.38. The zero-order chi connectivity index (χ0) is 15.0. The number of fused-ring (bicyclic) bond motifs is 1. The standard InChI is InChI=1S/C15H19N3O2/c1-14(2,13(19)20)15(3,4)17-12-11-8-6-5-7-10(11)9-16-18-12/h5-9H,1-4H3,(H,17,18)(H,19,20). The van der Waals surface area contributed by atoms with E-state index < -0.39 is 16.9 Å². The van der Waals surface area contributed by atoms with Crippen molar-refractivity contribution in [2.24, 2.45) is 5.41 Å². The highest BCUT2D eigenvalue weighted by atomic mass is 16.4. The molecule has 0 spiro atoms. The highest BCUT2D eigenvalue weighted by molar-refractivity contribution is 5.91. The number of anilines is 1. The zero-order valence-corrected chi connectivity index (χ0v) is 12.1. The van der Waals surface area contributed by atoms with E-state index in [0.717, 1.165) is 10.8 Å². The molecule has 0 atom stereocenters. The van der Waals surface area contributed by atoms with Gasteiger partial charge in [-0.15, -0.1) is 5.10 Å². The second-order valence-electron chi connectivity index (χ2n) is 5.96. The van der Waals surface area contributed by atoms with Crippen molar-refractivity contribution in [2.45, 2.75) is 33.2 Å². The molecule has 0 aliphatic rings. The summed E-state index contributed by atoms with van der Waals surface area (Å²) in [5, 5.41) is 22.6. The summed E-state index contributed by atoms with van der Waals surface area (Å²) < 4.78 is 0. The van der Waals surface area contributed by atoms with Crippen LogP contribution in [0.5, 0.6) is 0 Å². The Morgan fingerprint density at radius 1 is 1.20 bits per heavy atom. The Labute approximate surface area is 118 Å². The van der Waals surface area contributed by atoms with Crippen molar-refractivity contribution < 1.29 is 9.90 Å². The van der Waals surface area contributed by atoms with Gasteiger partial charge in [0.15, 0.2) is 5.82 Å². The monoisotopic (exact) mass is 273 g/mol. The zero-order valence-electron chi connectivity index (χ0n) is 12.1. The average molecular weight is 273 g/mol. The summed E-state index contributed by atoms with van der Waals surface area (Å²) in [6.07, 6.45) is 1.69. The van der Waals surface area contributed by atoms with Crippen molar-refractivity contribution in [3.63, 3.8) is 0 Å². The van der Waals surface area contributed by atoms with Gasteiger partial charge in [0.05, 0.1) is 11.6 Å². The van der Waals surface area contributed by atoms with Gasteiger partial charge in [-0.25, -0.2) is 0 Å². The number of hydrogen-bond donors (Lipinski definition) is 2. The van der Waals surface area contributed by atoms with Crippen LogP contribution in [0.4, 0.5) is 5.82 Å². The Morgan fingerprint density at radius 2 is 1.85 bits per heavy atom. The quantitative estimate of drug-likeness (QED) is 0.895. The van der Waals surface area contributed by atoms with Crippen LogP contribution < -0.4 is 5.32 Å². The number of nitrogens with one attached hydrogen (secondary N) is 1. The van der Waals surface area contributed by atoms with E-state index in [2.05, 4.69) is 15.5 Å². The number of carboxylic acids is 1. The Morgan fingerprint density at radius 3 is 2.50 bits per heavy atom. The predicted octanol–water partition coefficient (Wildman–Crippen LogP) is 2.93. The van der Waals surface area contributed by atoms with Crippen LogP contribution in [0.3, 0.4) is 0 Å². The van der Waals surface area contributed by atoms with Gasteiger partial charge in [0.25, 0.3) is 0 Å². The summed E-state index contributed by atoms with van der Waals surface area (Å²) >= 11 is 0. The van der Waals surface area contributed by atoms with Gasteiger partial charge in [-0.2, -0.15) is 5.10 Å². The minimum absolute atomic E-state index is 0.599. The molecule has 2 N–H and O–H groups in total. The van der Waals surface area contributed by atoms with Crippen molar-refractivity contribution >= 4 is 22.6 Å². The summed E-state index contributed by atoms with van der Waals surface area (Å²) in [5.41, 5.74) is -1.64. The molecule has 0 fully saturated rings. The lowest BCUT2D eigenvalue weighted by Gasteiger charge is -2.39. The Bertz CT molecular complexity index is 645. The number of nitrogens with zero attached hydrogens (tertiary/aromatic N) is 2. The molecule has 2 aromatic rings. The van der Waals surface area contributed by atoms with E-state index in [4.69, 9.17) is 0 Å². The SMILES string of the molecule is CC(C)(Nc1nncc2ccccc12)C(C)(C)C(=O)O. The first kappa shape index (κ1) is 14.2. The third-order valence-electron chi connectivity index (χ3n) is 4.10. The van der Waals surface area contributed by atoms with Crippen LogP contribution in [-0.4, -0.2) is 26.8 Å². The number of carbonyl (C=O) groups is 1. The maximum absolute atomic E-state index is 11.4. The molecule has 5 heteroatoms. The second kappa shape index (κ2) is 4.74. The molecule has 0 aliphatic heterocycles. The van der Waals surface area contributed by atoms with Gasteiger partial charge < -0.3 is 10.4 Å². The fraction of sp³-hybridized carbons (Fsp3) is 0.400. The van der Waals surface area contributed by atoms with E-state index >= 15 is 0 Å². The number of carboxylic acid groups (broad SMARTS) is 1. The average Bonchev–Trinajstić information content (AvgIpc) is 2.38. The van der Waals surface area contributed by atoms with Gasteiger partial charge in [0.1, 0.15) is 0 Å². The van der Waals surface area contributed by atoms with Crippen molar-refractivity contribution in [1.29, 1.82) is 0 Å². The Hall–Kier alpha value is -2.17. The highest BCUT2D eigenvalue weighted by Crippen LogP contribution is 2.34.